The molecule has 2 aliphatic rings. The smallest absolute Gasteiger partial charge is 0.412 e. The first-order valence-electron chi connectivity index (χ1n) is 17.0. The number of benzene rings is 2. The van der Waals surface area contributed by atoms with E-state index in [1.807, 2.05) is 38.1 Å². The lowest BCUT2D eigenvalue weighted by molar-refractivity contribution is -0.157. The SMILES string of the molecule is CC(C)[C@H]1COCCCCOc2ccc(cc2)C[C@@H](NC(=O)N[C@@H](Cc2ccc(NC(=O)OC(C)(C)C)cc2)C(=O)OC(C)(C)C)C(=O)N1. The lowest BCUT2D eigenvalue weighted by Crippen LogP contribution is -2.57. The lowest BCUT2D eigenvalue weighted by Gasteiger charge is -2.28. The van der Waals surface area contributed by atoms with Gasteiger partial charge in [-0.3, -0.25) is 10.1 Å². The second-order valence-corrected chi connectivity index (χ2v) is 14.6. The summed E-state index contributed by atoms with van der Waals surface area (Å²) >= 11 is 0. The van der Waals surface area contributed by atoms with Crippen LogP contribution in [0.5, 0.6) is 5.75 Å². The number of esters is 1. The Bertz CT molecular complexity index is 1380. The Morgan fingerprint density at radius 2 is 1.53 bits per heavy atom. The number of amides is 4. The number of nitrogens with one attached hydrogen (secondary N) is 4. The van der Waals surface area contributed by atoms with Gasteiger partial charge in [0.2, 0.25) is 5.91 Å². The Hall–Kier alpha value is -4.32. The van der Waals surface area contributed by atoms with E-state index in [-0.39, 0.29) is 30.7 Å². The van der Waals surface area contributed by atoms with Gasteiger partial charge in [0.05, 0.1) is 19.3 Å². The zero-order valence-electron chi connectivity index (χ0n) is 30.1. The number of carbonyl (C=O) groups excluding carboxylic acids is 4. The molecule has 270 valence electrons. The van der Waals surface area contributed by atoms with E-state index in [2.05, 4.69) is 21.3 Å². The number of hydrogen-bond acceptors (Lipinski definition) is 8. The van der Waals surface area contributed by atoms with Gasteiger partial charge in [0.15, 0.2) is 0 Å². The molecular weight excluding hydrogens is 628 g/mol. The summed E-state index contributed by atoms with van der Waals surface area (Å²) in [4.78, 5) is 52.7. The van der Waals surface area contributed by atoms with Crippen molar-refractivity contribution in [3.8, 4) is 5.75 Å². The highest BCUT2D eigenvalue weighted by Crippen LogP contribution is 2.18. The van der Waals surface area contributed by atoms with Crippen LogP contribution in [-0.4, -0.2) is 73.1 Å². The van der Waals surface area contributed by atoms with Crippen molar-refractivity contribution in [1.29, 1.82) is 0 Å². The van der Waals surface area contributed by atoms with Crippen molar-refractivity contribution in [2.45, 2.75) is 110 Å². The number of urea groups is 1. The minimum absolute atomic E-state index is 0.0854. The maximum absolute atomic E-state index is 13.7. The van der Waals surface area contributed by atoms with Gasteiger partial charge in [-0.1, -0.05) is 38.1 Å². The fourth-order valence-corrected chi connectivity index (χ4v) is 4.86. The van der Waals surface area contributed by atoms with Crippen LogP contribution in [0.4, 0.5) is 15.3 Å². The second-order valence-electron chi connectivity index (χ2n) is 14.6. The Morgan fingerprint density at radius 1 is 0.898 bits per heavy atom. The molecule has 4 N–H and O–H groups in total. The van der Waals surface area contributed by atoms with E-state index in [9.17, 15) is 19.2 Å². The molecule has 2 aliphatic heterocycles. The number of rotatable bonds is 7. The first-order valence-corrected chi connectivity index (χ1v) is 17.0. The zero-order chi connectivity index (χ0) is 36.2. The predicted octanol–water partition coefficient (Wildman–Crippen LogP) is 5.53. The van der Waals surface area contributed by atoms with Crippen molar-refractivity contribution in [2.75, 3.05) is 25.1 Å². The van der Waals surface area contributed by atoms with Crippen molar-refractivity contribution >= 4 is 29.7 Å². The molecule has 2 aromatic rings. The molecule has 2 heterocycles. The van der Waals surface area contributed by atoms with Crippen molar-refractivity contribution in [1.82, 2.24) is 16.0 Å². The molecule has 0 fully saturated rings. The molecule has 0 unspecified atom stereocenters. The third-order valence-electron chi connectivity index (χ3n) is 7.40. The summed E-state index contributed by atoms with van der Waals surface area (Å²) in [7, 11) is 0. The van der Waals surface area contributed by atoms with Crippen molar-refractivity contribution in [3.05, 3.63) is 59.7 Å². The van der Waals surface area contributed by atoms with E-state index in [0.29, 0.717) is 31.1 Å². The summed E-state index contributed by atoms with van der Waals surface area (Å²) in [6.45, 7) is 16.0. The van der Waals surface area contributed by atoms with Crippen LogP contribution in [0.15, 0.2) is 48.5 Å². The fraction of sp³-hybridized carbons (Fsp3) is 0.568. The Morgan fingerprint density at radius 3 is 2.14 bits per heavy atom. The van der Waals surface area contributed by atoms with Gasteiger partial charge in [-0.15, -0.1) is 0 Å². The maximum atomic E-state index is 13.7. The maximum Gasteiger partial charge on any atom is 0.412 e. The van der Waals surface area contributed by atoms with Crippen LogP contribution in [0.3, 0.4) is 0 Å². The van der Waals surface area contributed by atoms with Gasteiger partial charge in [0.1, 0.15) is 29.0 Å². The minimum atomic E-state index is -1.08. The van der Waals surface area contributed by atoms with Gasteiger partial charge >= 0.3 is 18.1 Å². The number of hydrogen-bond donors (Lipinski definition) is 4. The molecule has 12 nitrogen and oxygen atoms in total. The summed E-state index contributed by atoms with van der Waals surface area (Å²) in [6.07, 6.45) is 1.39. The van der Waals surface area contributed by atoms with Gasteiger partial charge in [0.25, 0.3) is 0 Å². The van der Waals surface area contributed by atoms with Crippen LogP contribution in [0, 0.1) is 5.92 Å². The molecule has 0 aliphatic carbocycles. The molecular formula is C37H54N4O8. The molecule has 0 saturated heterocycles. The molecule has 4 rings (SSSR count). The molecule has 0 saturated carbocycles. The number of ether oxygens (including phenoxy) is 4. The highest BCUT2D eigenvalue weighted by Gasteiger charge is 2.30. The summed E-state index contributed by atoms with van der Waals surface area (Å²) in [5.74, 6) is -0.195. The van der Waals surface area contributed by atoms with Crippen LogP contribution in [0.1, 0.15) is 79.4 Å². The first-order chi connectivity index (χ1) is 23.0. The van der Waals surface area contributed by atoms with Gasteiger partial charge in [-0.2, -0.15) is 0 Å². The molecule has 49 heavy (non-hydrogen) atoms. The highest BCUT2D eigenvalue weighted by atomic mass is 16.6. The van der Waals surface area contributed by atoms with Crippen LogP contribution >= 0.6 is 0 Å². The molecule has 3 atom stereocenters. The zero-order valence-corrected chi connectivity index (χ0v) is 30.1. The number of anilines is 1. The van der Waals surface area contributed by atoms with Crippen LogP contribution in [0.25, 0.3) is 0 Å². The summed E-state index contributed by atoms with van der Waals surface area (Å²) in [6, 6.07) is 11.3. The molecule has 2 bridgehead atoms. The topological polar surface area (TPSA) is 153 Å². The molecule has 12 heteroatoms. The molecule has 4 amide bonds. The van der Waals surface area contributed by atoms with E-state index >= 15 is 0 Å². The Balaban J connectivity index is 1.79. The van der Waals surface area contributed by atoms with Gasteiger partial charge in [0, 0.05) is 25.1 Å². The van der Waals surface area contributed by atoms with E-state index in [1.54, 1.807) is 65.8 Å². The molecule has 0 spiro atoms. The highest BCUT2D eigenvalue weighted by molar-refractivity contribution is 5.89. The average molecular weight is 683 g/mol. The van der Waals surface area contributed by atoms with Crippen LogP contribution in [-0.2, 0) is 36.6 Å². The summed E-state index contributed by atoms with van der Waals surface area (Å²) in [5, 5.41) is 11.3. The number of carbonyl (C=O) groups is 4. The van der Waals surface area contributed by atoms with Crippen molar-refractivity contribution in [2.24, 2.45) is 5.92 Å². The molecule has 2 aromatic carbocycles. The van der Waals surface area contributed by atoms with Gasteiger partial charge in [-0.05, 0) is 95.7 Å². The third kappa shape index (κ3) is 14.8. The number of fused-ring (bicyclic) bond motifs is 13. The third-order valence-corrected chi connectivity index (χ3v) is 7.40. The van der Waals surface area contributed by atoms with Gasteiger partial charge in [-0.25, -0.2) is 14.4 Å². The Labute approximate surface area is 290 Å². The standard InChI is InChI=1S/C37H54N4O8/c1-24(2)31-23-46-19-9-10-20-47-28-17-13-26(14-18-28)21-29(32(42)39-31)40-34(44)41-30(33(43)48-36(3,4)5)22-25-11-15-27(16-12-25)38-35(45)49-37(6,7)8/h11-18,24,29-31H,9-10,19-23H2,1-8H3,(H,38,45)(H,39,42)(H2,40,41,44)/t29-,30+,31-/m1/s1. The van der Waals surface area contributed by atoms with E-state index < -0.39 is 41.4 Å². The first kappa shape index (κ1) is 39.1. The van der Waals surface area contributed by atoms with E-state index in [0.717, 1.165) is 24.2 Å². The van der Waals surface area contributed by atoms with Crippen LogP contribution < -0.4 is 26.0 Å². The van der Waals surface area contributed by atoms with Crippen molar-refractivity contribution < 1.29 is 38.1 Å². The van der Waals surface area contributed by atoms with Crippen molar-refractivity contribution in [3.63, 3.8) is 0 Å². The second kappa shape index (κ2) is 17.9. The Kier molecular flexibility index (Phi) is 14.3. The average Bonchev–Trinajstić information content (AvgIpc) is 2.98. The van der Waals surface area contributed by atoms with E-state index in [4.69, 9.17) is 18.9 Å². The van der Waals surface area contributed by atoms with E-state index in [1.165, 1.54) is 0 Å². The monoisotopic (exact) mass is 682 g/mol. The molecule has 0 aromatic heterocycles. The normalized spacial score (nSPS) is 18.4. The molecule has 0 radical (unpaired) electrons. The summed E-state index contributed by atoms with van der Waals surface area (Å²) < 4.78 is 22.6. The predicted molar refractivity (Wildman–Crippen MR) is 188 cm³/mol. The van der Waals surface area contributed by atoms with Crippen LogP contribution in [0.2, 0.25) is 0 Å². The fourth-order valence-electron chi connectivity index (χ4n) is 4.86. The minimum Gasteiger partial charge on any atom is -0.494 e. The van der Waals surface area contributed by atoms with Gasteiger partial charge < -0.3 is 34.9 Å². The quantitative estimate of drug-likeness (QED) is 0.278. The summed E-state index contributed by atoms with van der Waals surface area (Å²) in [5.41, 5.74) is 0.582. The lowest BCUT2D eigenvalue weighted by atomic mass is 10.0. The largest absolute Gasteiger partial charge is 0.494 e.